The fourth-order valence-electron chi connectivity index (χ4n) is 1.81. The molecule has 1 aromatic heterocycles. The molecule has 2 aromatic rings. The monoisotopic (exact) mass is 378 g/mol. The smallest absolute Gasteiger partial charge is 0.320 e. The average Bonchev–Trinajstić information content (AvgIpc) is 2.37. The number of hydrogen-bond acceptors (Lipinski definition) is 2. The van der Waals surface area contributed by atoms with Crippen LogP contribution in [-0.4, -0.2) is 4.98 Å². The predicted octanol–water partition coefficient (Wildman–Crippen LogP) is 3.75. The Morgan fingerprint density at radius 3 is 2.42 bits per heavy atom. The first-order valence-corrected chi connectivity index (χ1v) is 6.50. The molecule has 0 amide bonds. The molecule has 1 unspecified atom stereocenters. The van der Waals surface area contributed by atoms with Crippen LogP contribution in [0.15, 0.2) is 42.7 Å². The first-order valence-electron chi connectivity index (χ1n) is 5.42. The molecule has 100 valence electrons. The summed E-state index contributed by atoms with van der Waals surface area (Å²) in [6.45, 7) is 0. The molecule has 0 spiro atoms. The molecule has 1 heterocycles. The van der Waals surface area contributed by atoms with Gasteiger partial charge in [0.1, 0.15) is 0 Å². The molecule has 0 fully saturated rings. The SMILES string of the molecule is NC(c1ccccc1I)c1cnccc1C(F)(F)F. The number of pyridine rings is 1. The minimum absolute atomic E-state index is 0.0147. The number of aromatic nitrogens is 1. The van der Waals surface area contributed by atoms with E-state index in [2.05, 4.69) is 27.6 Å². The Morgan fingerprint density at radius 2 is 1.79 bits per heavy atom. The zero-order chi connectivity index (χ0) is 14.0. The fourth-order valence-corrected chi connectivity index (χ4v) is 2.53. The molecule has 0 bridgehead atoms. The molecule has 6 heteroatoms. The van der Waals surface area contributed by atoms with E-state index in [-0.39, 0.29) is 5.56 Å². The molecule has 0 radical (unpaired) electrons. The highest BCUT2D eigenvalue weighted by Crippen LogP contribution is 2.35. The van der Waals surface area contributed by atoms with E-state index < -0.39 is 17.8 Å². The maximum atomic E-state index is 12.9. The van der Waals surface area contributed by atoms with E-state index in [4.69, 9.17) is 5.73 Å². The number of hydrogen-bond donors (Lipinski definition) is 1. The molecule has 0 aliphatic heterocycles. The van der Waals surface area contributed by atoms with Crippen molar-refractivity contribution in [3.8, 4) is 0 Å². The number of alkyl halides is 3. The van der Waals surface area contributed by atoms with Crippen LogP contribution >= 0.6 is 22.6 Å². The number of nitrogens with zero attached hydrogens (tertiary/aromatic N) is 1. The number of rotatable bonds is 2. The van der Waals surface area contributed by atoms with Gasteiger partial charge in [0.2, 0.25) is 0 Å². The standard InChI is InChI=1S/C13H10F3IN2/c14-13(15,16)10-5-6-19-7-9(10)12(18)8-3-1-2-4-11(8)17/h1-7,12H,18H2. The highest BCUT2D eigenvalue weighted by Gasteiger charge is 2.35. The molecule has 0 saturated heterocycles. The number of benzene rings is 1. The zero-order valence-electron chi connectivity index (χ0n) is 9.66. The molecule has 0 aliphatic carbocycles. The van der Waals surface area contributed by atoms with Crippen molar-refractivity contribution < 1.29 is 13.2 Å². The largest absolute Gasteiger partial charge is 0.416 e. The second kappa shape index (κ2) is 5.46. The lowest BCUT2D eigenvalue weighted by atomic mass is 9.97. The summed E-state index contributed by atoms with van der Waals surface area (Å²) in [5.41, 5.74) is 5.87. The van der Waals surface area contributed by atoms with E-state index in [1.807, 2.05) is 6.07 Å². The van der Waals surface area contributed by atoms with Crippen LogP contribution in [0.1, 0.15) is 22.7 Å². The summed E-state index contributed by atoms with van der Waals surface area (Å²) in [7, 11) is 0. The lowest BCUT2D eigenvalue weighted by Gasteiger charge is -2.19. The van der Waals surface area contributed by atoms with Gasteiger partial charge in [0.15, 0.2) is 0 Å². The van der Waals surface area contributed by atoms with Gasteiger partial charge in [-0.3, -0.25) is 4.98 Å². The Balaban J connectivity index is 2.51. The van der Waals surface area contributed by atoms with Crippen molar-refractivity contribution in [3.63, 3.8) is 0 Å². The van der Waals surface area contributed by atoms with Gasteiger partial charge in [-0.05, 0) is 40.3 Å². The van der Waals surface area contributed by atoms with Crippen molar-refractivity contribution in [1.29, 1.82) is 0 Å². The van der Waals surface area contributed by atoms with Crippen molar-refractivity contribution in [2.45, 2.75) is 12.2 Å². The molecule has 2 rings (SSSR count). The van der Waals surface area contributed by atoms with Crippen molar-refractivity contribution in [2.75, 3.05) is 0 Å². The maximum Gasteiger partial charge on any atom is 0.416 e. The van der Waals surface area contributed by atoms with Gasteiger partial charge in [-0.2, -0.15) is 13.2 Å². The first-order chi connectivity index (χ1) is 8.91. The second-order valence-electron chi connectivity index (χ2n) is 3.96. The summed E-state index contributed by atoms with van der Waals surface area (Å²) in [5, 5.41) is 0. The van der Waals surface area contributed by atoms with Gasteiger partial charge in [0.25, 0.3) is 0 Å². The van der Waals surface area contributed by atoms with Crippen LogP contribution < -0.4 is 5.73 Å². The van der Waals surface area contributed by atoms with Gasteiger partial charge in [0, 0.05) is 21.5 Å². The van der Waals surface area contributed by atoms with Crippen LogP contribution in [0, 0.1) is 3.57 Å². The minimum Gasteiger partial charge on any atom is -0.320 e. The van der Waals surface area contributed by atoms with E-state index in [1.54, 1.807) is 18.2 Å². The molecule has 2 nitrogen and oxygen atoms in total. The van der Waals surface area contributed by atoms with Crippen molar-refractivity contribution in [3.05, 3.63) is 63.0 Å². The lowest BCUT2D eigenvalue weighted by Crippen LogP contribution is -2.19. The summed E-state index contributed by atoms with van der Waals surface area (Å²) in [6, 6.07) is 7.19. The molecule has 1 atom stereocenters. The molecule has 19 heavy (non-hydrogen) atoms. The quantitative estimate of drug-likeness (QED) is 0.809. The molecular formula is C13H10F3IN2. The van der Waals surface area contributed by atoms with E-state index in [1.165, 1.54) is 6.20 Å². The zero-order valence-corrected chi connectivity index (χ0v) is 11.8. The van der Waals surface area contributed by atoms with Crippen molar-refractivity contribution >= 4 is 22.6 Å². The number of halogens is 4. The highest BCUT2D eigenvalue weighted by atomic mass is 127. The average molecular weight is 378 g/mol. The van der Waals surface area contributed by atoms with Crippen LogP contribution in [0.25, 0.3) is 0 Å². The fraction of sp³-hybridized carbons (Fsp3) is 0.154. The summed E-state index contributed by atoms with van der Waals surface area (Å²) in [4.78, 5) is 3.75. The van der Waals surface area contributed by atoms with Crippen LogP contribution in [-0.2, 0) is 6.18 Å². The van der Waals surface area contributed by atoms with Gasteiger partial charge in [-0.15, -0.1) is 0 Å². The van der Waals surface area contributed by atoms with Crippen molar-refractivity contribution in [1.82, 2.24) is 4.98 Å². The molecule has 0 aliphatic rings. The van der Waals surface area contributed by atoms with Crippen molar-refractivity contribution in [2.24, 2.45) is 5.73 Å². The Labute approximate surface area is 122 Å². The third-order valence-corrected chi connectivity index (χ3v) is 3.72. The Hall–Kier alpha value is -1.15. The normalized spacial score (nSPS) is 13.3. The van der Waals surface area contributed by atoms with Gasteiger partial charge >= 0.3 is 6.18 Å². The summed E-state index contributed by atoms with van der Waals surface area (Å²) < 4.78 is 39.6. The van der Waals surface area contributed by atoms with Crippen LogP contribution in [0.4, 0.5) is 13.2 Å². The Kier molecular flexibility index (Phi) is 4.10. The Morgan fingerprint density at radius 1 is 1.11 bits per heavy atom. The third kappa shape index (κ3) is 3.06. The molecule has 1 aromatic carbocycles. The van der Waals surface area contributed by atoms with Gasteiger partial charge in [-0.25, -0.2) is 0 Å². The van der Waals surface area contributed by atoms with E-state index >= 15 is 0 Å². The van der Waals surface area contributed by atoms with E-state index in [9.17, 15) is 13.2 Å². The number of nitrogens with two attached hydrogens (primary N) is 1. The Bertz CT molecular complexity index is 584. The van der Waals surface area contributed by atoms with Gasteiger partial charge in [0.05, 0.1) is 11.6 Å². The van der Waals surface area contributed by atoms with E-state index in [0.717, 1.165) is 15.8 Å². The minimum atomic E-state index is -4.43. The van der Waals surface area contributed by atoms with Crippen LogP contribution in [0.2, 0.25) is 0 Å². The topological polar surface area (TPSA) is 38.9 Å². The second-order valence-corrected chi connectivity index (χ2v) is 5.12. The summed E-state index contributed by atoms with van der Waals surface area (Å²) >= 11 is 2.05. The lowest BCUT2D eigenvalue weighted by molar-refractivity contribution is -0.138. The first kappa shape index (κ1) is 14.3. The molecule has 0 saturated carbocycles. The summed E-state index contributed by atoms with van der Waals surface area (Å²) in [6.07, 6.45) is -2.14. The van der Waals surface area contributed by atoms with Crippen LogP contribution in [0.5, 0.6) is 0 Å². The maximum absolute atomic E-state index is 12.9. The predicted molar refractivity (Wildman–Crippen MR) is 74.4 cm³/mol. The van der Waals surface area contributed by atoms with Gasteiger partial charge < -0.3 is 5.73 Å². The van der Waals surface area contributed by atoms with Gasteiger partial charge in [-0.1, -0.05) is 18.2 Å². The highest BCUT2D eigenvalue weighted by molar-refractivity contribution is 14.1. The van der Waals surface area contributed by atoms with Crippen LogP contribution in [0.3, 0.4) is 0 Å². The third-order valence-electron chi connectivity index (χ3n) is 2.73. The molecular weight excluding hydrogens is 368 g/mol. The van der Waals surface area contributed by atoms with E-state index in [0.29, 0.717) is 5.56 Å². The summed E-state index contributed by atoms with van der Waals surface area (Å²) in [5.74, 6) is 0. The molecule has 2 N–H and O–H groups in total.